The lowest BCUT2D eigenvalue weighted by Gasteiger charge is -2.12. The van der Waals surface area contributed by atoms with Gasteiger partial charge in [0.25, 0.3) is 5.78 Å². The Morgan fingerprint density at radius 1 is 1.17 bits per heavy atom. The Morgan fingerprint density at radius 3 is 2.67 bits per heavy atom. The Labute approximate surface area is 173 Å². The van der Waals surface area contributed by atoms with Crippen molar-refractivity contribution in [3.63, 3.8) is 0 Å². The molecule has 0 unspecified atom stereocenters. The zero-order chi connectivity index (χ0) is 21.3. The van der Waals surface area contributed by atoms with E-state index in [1.54, 1.807) is 16.3 Å². The predicted octanol–water partition coefficient (Wildman–Crippen LogP) is 2.82. The number of aromatic nitrogens is 6. The van der Waals surface area contributed by atoms with Gasteiger partial charge in [-0.1, -0.05) is 0 Å². The van der Waals surface area contributed by atoms with Crippen molar-refractivity contribution in [1.29, 1.82) is 0 Å². The van der Waals surface area contributed by atoms with Gasteiger partial charge in [0.15, 0.2) is 0 Å². The number of carbonyl (C=O) groups excluding carboxylic acids is 1. The van der Waals surface area contributed by atoms with Crippen molar-refractivity contribution >= 4 is 17.5 Å². The summed E-state index contributed by atoms with van der Waals surface area (Å²) in [6.45, 7) is 5.78. The monoisotopic (exact) mass is 405 g/mol. The van der Waals surface area contributed by atoms with Crippen LogP contribution in [0.4, 0.5) is 5.82 Å². The quantitative estimate of drug-likeness (QED) is 0.530. The third kappa shape index (κ3) is 3.73. The first kappa shape index (κ1) is 19.6. The van der Waals surface area contributed by atoms with E-state index in [2.05, 4.69) is 25.5 Å². The summed E-state index contributed by atoms with van der Waals surface area (Å²) >= 11 is 0. The van der Waals surface area contributed by atoms with Crippen LogP contribution in [0.1, 0.15) is 29.1 Å². The number of benzene rings is 1. The minimum atomic E-state index is -0.0952. The summed E-state index contributed by atoms with van der Waals surface area (Å²) in [5.41, 5.74) is 4.46. The summed E-state index contributed by atoms with van der Waals surface area (Å²) in [6.07, 6.45) is 2.35. The molecule has 0 aliphatic rings. The first-order valence-corrected chi connectivity index (χ1v) is 9.63. The Kier molecular flexibility index (Phi) is 5.18. The van der Waals surface area contributed by atoms with Crippen molar-refractivity contribution < 1.29 is 9.53 Å². The van der Waals surface area contributed by atoms with Crippen LogP contribution >= 0.6 is 0 Å². The number of hydrogen-bond acceptors (Lipinski definition) is 6. The Morgan fingerprint density at radius 2 is 1.93 bits per heavy atom. The largest absolute Gasteiger partial charge is 0.497 e. The number of carbonyl (C=O) groups is 1. The second kappa shape index (κ2) is 7.94. The lowest BCUT2D eigenvalue weighted by molar-refractivity contribution is -0.116. The molecule has 0 saturated carbocycles. The molecule has 1 aromatic carbocycles. The van der Waals surface area contributed by atoms with Gasteiger partial charge in [0.05, 0.1) is 18.5 Å². The van der Waals surface area contributed by atoms with E-state index >= 15 is 0 Å². The summed E-state index contributed by atoms with van der Waals surface area (Å²) < 4.78 is 8.62. The van der Waals surface area contributed by atoms with E-state index in [9.17, 15) is 4.79 Å². The number of methoxy groups -OCH3 is 1. The maximum Gasteiger partial charge on any atom is 0.252 e. The van der Waals surface area contributed by atoms with Gasteiger partial charge in [0, 0.05) is 23.9 Å². The summed E-state index contributed by atoms with van der Waals surface area (Å²) in [7, 11) is 1.62. The van der Waals surface area contributed by atoms with E-state index in [1.807, 2.05) is 51.1 Å². The molecule has 1 N–H and O–H groups in total. The molecule has 0 saturated heterocycles. The highest BCUT2D eigenvalue weighted by atomic mass is 16.5. The molecule has 0 atom stereocenters. The zero-order valence-corrected chi connectivity index (χ0v) is 17.4. The number of fused-ring (bicyclic) bond motifs is 1. The second-order valence-electron chi connectivity index (χ2n) is 7.06. The van der Waals surface area contributed by atoms with Crippen molar-refractivity contribution in [2.24, 2.45) is 0 Å². The van der Waals surface area contributed by atoms with E-state index in [0.29, 0.717) is 24.4 Å². The second-order valence-corrected chi connectivity index (χ2v) is 7.06. The summed E-state index contributed by atoms with van der Waals surface area (Å²) in [4.78, 5) is 21.3. The van der Waals surface area contributed by atoms with Crippen LogP contribution in [0.2, 0.25) is 0 Å². The molecule has 1 amide bonds. The molecule has 0 aliphatic heterocycles. The topological polar surface area (TPSA) is 99.2 Å². The number of hydrogen-bond donors (Lipinski definition) is 1. The molecular formula is C21H23N7O2. The van der Waals surface area contributed by atoms with Crippen molar-refractivity contribution in [1.82, 2.24) is 29.4 Å². The van der Waals surface area contributed by atoms with Gasteiger partial charge in [0.1, 0.15) is 17.9 Å². The fraction of sp³-hybridized carbons (Fsp3) is 0.286. The number of aryl methyl sites for hydroxylation is 3. The fourth-order valence-electron chi connectivity index (χ4n) is 3.47. The molecule has 4 rings (SSSR count). The van der Waals surface area contributed by atoms with Crippen LogP contribution in [0.5, 0.6) is 5.75 Å². The molecular weight excluding hydrogens is 382 g/mol. The molecule has 0 spiro atoms. The Bertz CT molecular complexity index is 1210. The predicted molar refractivity (Wildman–Crippen MR) is 112 cm³/mol. The molecule has 3 heterocycles. The Hall–Kier alpha value is -3.75. The highest BCUT2D eigenvalue weighted by molar-refractivity contribution is 5.90. The van der Waals surface area contributed by atoms with Crippen molar-refractivity contribution in [3.05, 3.63) is 59.3 Å². The van der Waals surface area contributed by atoms with Crippen molar-refractivity contribution in [2.45, 2.75) is 33.6 Å². The van der Waals surface area contributed by atoms with E-state index in [1.165, 1.54) is 6.33 Å². The molecule has 154 valence electrons. The van der Waals surface area contributed by atoms with E-state index in [-0.39, 0.29) is 5.91 Å². The molecule has 9 heteroatoms. The van der Waals surface area contributed by atoms with Gasteiger partial charge in [-0.25, -0.2) is 14.2 Å². The van der Waals surface area contributed by atoms with Gasteiger partial charge < -0.3 is 10.1 Å². The number of ether oxygens (including phenoxy) is 1. The first-order chi connectivity index (χ1) is 14.5. The lowest BCUT2D eigenvalue weighted by Crippen LogP contribution is -2.16. The molecule has 9 nitrogen and oxygen atoms in total. The normalized spacial score (nSPS) is 11.1. The van der Waals surface area contributed by atoms with E-state index in [0.717, 1.165) is 34.1 Å². The average molecular weight is 405 g/mol. The van der Waals surface area contributed by atoms with Crippen LogP contribution in [-0.2, 0) is 11.2 Å². The van der Waals surface area contributed by atoms with Gasteiger partial charge in [0.2, 0.25) is 5.91 Å². The van der Waals surface area contributed by atoms with E-state index < -0.39 is 0 Å². The summed E-state index contributed by atoms with van der Waals surface area (Å²) in [5, 5.41) is 11.7. The highest BCUT2D eigenvalue weighted by Gasteiger charge is 2.15. The first-order valence-electron chi connectivity index (χ1n) is 9.63. The van der Waals surface area contributed by atoms with Crippen LogP contribution in [0, 0.1) is 20.8 Å². The number of rotatable bonds is 6. The molecule has 0 fully saturated rings. The number of anilines is 1. The summed E-state index contributed by atoms with van der Waals surface area (Å²) in [6, 6.07) is 9.36. The molecule has 4 aromatic rings. The maximum atomic E-state index is 12.7. The summed E-state index contributed by atoms with van der Waals surface area (Å²) in [5.74, 6) is 1.86. The zero-order valence-electron chi connectivity index (χ0n) is 17.4. The molecule has 0 aliphatic carbocycles. The van der Waals surface area contributed by atoms with Gasteiger partial charge in [-0.3, -0.25) is 4.79 Å². The SMILES string of the molecule is COc1ccc(-n2nc(C)cc2NC(=O)CCc2c(C)nc3ncnn3c2C)cc1. The van der Waals surface area contributed by atoms with Crippen LogP contribution in [0.15, 0.2) is 36.7 Å². The number of nitrogens with one attached hydrogen (secondary N) is 1. The van der Waals surface area contributed by atoms with Crippen LogP contribution < -0.4 is 10.1 Å². The standard InChI is InChI=1S/C21H23N7O2/c1-13-11-19(28(26-13)16-5-7-17(30-4)8-6-16)25-20(29)10-9-18-14(2)24-21-22-12-23-27(21)15(18)3/h5-8,11-12H,9-10H2,1-4H3,(H,25,29). The fourth-order valence-corrected chi connectivity index (χ4v) is 3.47. The minimum Gasteiger partial charge on any atom is -0.497 e. The molecule has 3 aromatic heterocycles. The number of nitrogens with zero attached hydrogens (tertiary/aromatic N) is 6. The highest BCUT2D eigenvalue weighted by Crippen LogP contribution is 2.21. The van der Waals surface area contributed by atoms with Crippen LogP contribution in [-0.4, -0.2) is 42.4 Å². The minimum absolute atomic E-state index is 0.0952. The van der Waals surface area contributed by atoms with E-state index in [4.69, 9.17) is 4.74 Å². The lowest BCUT2D eigenvalue weighted by atomic mass is 10.1. The smallest absolute Gasteiger partial charge is 0.252 e. The third-order valence-electron chi connectivity index (χ3n) is 5.01. The molecule has 0 radical (unpaired) electrons. The number of amides is 1. The third-order valence-corrected chi connectivity index (χ3v) is 5.01. The van der Waals surface area contributed by atoms with Gasteiger partial charge in [-0.2, -0.15) is 15.2 Å². The average Bonchev–Trinajstić information content (AvgIpc) is 3.34. The van der Waals surface area contributed by atoms with Gasteiger partial charge in [-0.15, -0.1) is 0 Å². The van der Waals surface area contributed by atoms with Crippen molar-refractivity contribution in [2.75, 3.05) is 12.4 Å². The molecule has 30 heavy (non-hydrogen) atoms. The van der Waals surface area contributed by atoms with Gasteiger partial charge in [-0.05, 0) is 57.0 Å². The molecule has 0 bridgehead atoms. The maximum absolute atomic E-state index is 12.7. The van der Waals surface area contributed by atoms with Crippen LogP contribution in [0.25, 0.3) is 11.5 Å². The Balaban J connectivity index is 1.50. The van der Waals surface area contributed by atoms with Crippen molar-refractivity contribution in [3.8, 4) is 11.4 Å². The van der Waals surface area contributed by atoms with Gasteiger partial charge >= 0.3 is 0 Å². The van der Waals surface area contributed by atoms with Crippen LogP contribution in [0.3, 0.4) is 0 Å².